The fourth-order valence-electron chi connectivity index (χ4n) is 4.63. The second-order valence-corrected chi connectivity index (χ2v) is 8.88. The van der Waals surface area contributed by atoms with E-state index in [1.54, 1.807) is 31.4 Å². The highest BCUT2D eigenvalue weighted by molar-refractivity contribution is 6.06. The van der Waals surface area contributed by atoms with Crippen LogP contribution in [0, 0.1) is 6.92 Å². The molecule has 0 spiro atoms. The van der Waals surface area contributed by atoms with E-state index in [9.17, 15) is 4.79 Å². The van der Waals surface area contributed by atoms with Gasteiger partial charge in [0, 0.05) is 26.2 Å². The van der Waals surface area contributed by atoms with Crippen LogP contribution in [0.15, 0.2) is 57.7 Å². The van der Waals surface area contributed by atoms with E-state index in [1.165, 1.54) is 5.56 Å². The van der Waals surface area contributed by atoms with Gasteiger partial charge in [0.15, 0.2) is 5.76 Å². The quantitative estimate of drug-likeness (QED) is 0.458. The molecule has 1 amide bonds. The maximum Gasteiger partial charge on any atom is 0.259 e. The molecule has 0 radical (unpaired) electrons. The first-order valence-corrected chi connectivity index (χ1v) is 11.5. The Labute approximate surface area is 197 Å². The maximum atomic E-state index is 13.3. The molecule has 0 bridgehead atoms. The van der Waals surface area contributed by atoms with Crippen LogP contribution in [-0.2, 0) is 17.8 Å². The SMILES string of the molecule is Cc1noc2nc(-c3ccco3)cc(C(=O)NCc3ccccc3CN3CC(C)OC(C)C3)c12. The first-order valence-electron chi connectivity index (χ1n) is 11.5. The van der Waals surface area contributed by atoms with Crippen molar-refractivity contribution in [2.24, 2.45) is 0 Å². The zero-order valence-electron chi connectivity index (χ0n) is 19.6. The lowest BCUT2D eigenvalue weighted by atomic mass is 10.0. The Morgan fingerprint density at radius 3 is 2.62 bits per heavy atom. The molecule has 1 aromatic carbocycles. The Morgan fingerprint density at radius 1 is 1.12 bits per heavy atom. The first kappa shape index (κ1) is 22.3. The molecule has 1 aliphatic heterocycles. The van der Waals surface area contributed by atoms with Crippen molar-refractivity contribution in [1.82, 2.24) is 20.4 Å². The number of amides is 1. The minimum Gasteiger partial charge on any atom is -0.463 e. The van der Waals surface area contributed by atoms with E-state index in [2.05, 4.69) is 46.3 Å². The van der Waals surface area contributed by atoms with Crippen molar-refractivity contribution in [3.05, 3.63) is 71.1 Å². The van der Waals surface area contributed by atoms with Crippen LogP contribution < -0.4 is 5.32 Å². The van der Waals surface area contributed by atoms with E-state index in [4.69, 9.17) is 13.7 Å². The molecule has 4 heterocycles. The summed E-state index contributed by atoms with van der Waals surface area (Å²) in [7, 11) is 0. The second kappa shape index (κ2) is 9.40. The molecule has 8 heteroatoms. The number of fused-ring (bicyclic) bond motifs is 1. The Bertz CT molecular complexity index is 1290. The third-order valence-electron chi connectivity index (χ3n) is 6.08. The molecule has 2 unspecified atom stereocenters. The van der Waals surface area contributed by atoms with E-state index >= 15 is 0 Å². The molecule has 176 valence electrons. The van der Waals surface area contributed by atoms with Gasteiger partial charge < -0.3 is 19.0 Å². The monoisotopic (exact) mass is 460 g/mol. The van der Waals surface area contributed by atoms with Crippen molar-refractivity contribution in [3.8, 4) is 11.5 Å². The number of pyridine rings is 1. The van der Waals surface area contributed by atoms with Gasteiger partial charge in [-0.3, -0.25) is 9.69 Å². The molecule has 0 saturated carbocycles. The molecule has 2 atom stereocenters. The number of nitrogens with zero attached hydrogens (tertiary/aromatic N) is 3. The predicted molar refractivity (Wildman–Crippen MR) is 127 cm³/mol. The number of carbonyl (C=O) groups excluding carboxylic acids is 1. The van der Waals surface area contributed by atoms with Crippen LogP contribution >= 0.6 is 0 Å². The van der Waals surface area contributed by atoms with Crippen molar-refractivity contribution in [2.45, 2.75) is 46.1 Å². The number of ether oxygens (including phenoxy) is 1. The van der Waals surface area contributed by atoms with E-state index < -0.39 is 0 Å². The number of hydrogen-bond donors (Lipinski definition) is 1. The van der Waals surface area contributed by atoms with Crippen LogP contribution in [0.5, 0.6) is 0 Å². The van der Waals surface area contributed by atoms with Crippen LogP contribution in [0.2, 0.25) is 0 Å². The van der Waals surface area contributed by atoms with Gasteiger partial charge in [-0.2, -0.15) is 0 Å². The predicted octanol–water partition coefficient (Wildman–Crippen LogP) is 4.33. The number of aryl methyl sites for hydroxylation is 1. The minimum absolute atomic E-state index is 0.208. The van der Waals surface area contributed by atoms with Crippen molar-refractivity contribution < 1.29 is 18.5 Å². The topological polar surface area (TPSA) is 93.6 Å². The number of benzene rings is 1. The number of morpholine rings is 1. The summed E-state index contributed by atoms with van der Waals surface area (Å²) in [6.07, 6.45) is 1.99. The molecule has 1 saturated heterocycles. The van der Waals surface area contributed by atoms with E-state index in [0.717, 1.165) is 25.2 Å². The molecule has 1 N–H and O–H groups in total. The van der Waals surface area contributed by atoms with E-state index in [-0.39, 0.29) is 18.1 Å². The highest BCUT2D eigenvalue weighted by atomic mass is 16.5. The molecule has 4 aromatic rings. The van der Waals surface area contributed by atoms with Gasteiger partial charge in [-0.15, -0.1) is 0 Å². The van der Waals surface area contributed by atoms with Crippen molar-refractivity contribution >= 4 is 17.0 Å². The highest BCUT2D eigenvalue weighted by Crippen LogP contribution is 2.27. The normalized spacial score (nSPS) is 18.9. The van der Waals surface area contributed by atoms with Gasteiger partial charge in [-0.1, -0.05) is 29.4 Å². The Kier molecular flexibility index (Phi) is 6.17. The zero-order chi connectivity index (χ0) is 23.7. The summed E-state index contributed by atoms with van der Waals surface area (Å²) in [5.74, 6) is 0.347. The maximum absolute atomic E-state index is 13.3. The molecule has 34 heavy (non-hydrogen) atoms. The van der Waals surface area contributed by atoms with E-state index in [0.29, 0.717) is 40.4 Å². The lowest BCUT2D eigenvalue weighted by Crippen LogP contribution is -2.45. The van der Waals surface area contributed by atoms with Crippen LogP contribution in [0.4, 0.5) is 0 Å². The molecule has 1 fully saturated rings. The molecular formula is C26H28N4O4. The van der Waals surface area contributed by atoms with Crippen LogP contribution in [0.3, 0.4) is 0 Å². The van der Waals surface area contributed by atoms with Crippen molar-refractivity contribution in [1.29, 1.82) is 0 Å². The highest BCUT2D eigenvalue weighted by Gasteiger charge is 2.23. The fourth-order valence-corrected chi connectivity index (χ4v) is 4.63. The van der Waals surface area contributed by atoms with Crippen LogP contribution in [-0.4, -0.2) is 46.2 Å². The number of nitrogens with one attached hydrogen (secondary N) is 1. The van der Waals surface area contributed by atoms with Gasteiger partial charge in [-0.25, -0.2) is 4.98 Å². The summed E-state index contributed by atoms with van der Waals surface area (Å²) in [5, 5.41) is 7.70. The van der Waals surface area contributed by atoms with Crippen molar-refractivity contribution in [2.75, 3.05) is 13.1 Å². The van der Waals surface area contributed by atoms with E-state index in [1.807, 2.05) is 12.1 Å². The van der Waals surface area contributed by atoms with Gasteiger partial charge >= 0.3 is 0 Å². The molecule has 3 aromatic heterocycles. The standard InChI is InChI=1S/C26H28N4O4/c1-16-13-30(14-17(2)33-16)15-20-8-5-4-7-19(20)12-27-25(31)21-11-22(23-9-6-10-32-23)28-26-24(21)18(3)29-34-26/h4-11,16-17H,12-15H2,1-3H3,(H,27,31). The zero-order valence-corrected chi connectivity index (χ0v) is 19.6. The van der Waals surface area contributed by atoms with Gasteiger partial charge in [-0.05, 0) is 50.1 Å². The lowest BCUT2D eigenvalue weighted by molar-refractivity contribution is -0.0705. The van der Waals surface area contributed by atoms with Gasteiger partial charge in [0.2, 0.25) is 0 Å². The summed E-state index contributed by atoms with van der Waals surface area (Å²) < 4.78 is 16.7. The lowest BCUT2D eigenvalue weighted by Gasteiger charge is -2.35. The molecule has 1 aliphatic rings. The summed E-state index contributed by atoms with van der Waals surface area (Å²) in [5.41, 5.74) is 4.20. The average Bonchev–Trinajstić information content (AvgIpc) is 3.47. The number of hydrogen-bond acceptors (Lipinski definition) is 7. The number of carbonyl (C=O) groups is 1. The Balaban J connectivity index is 1.37. The molecular weight excluding hydrogens is 432 g/mol. The fraction of sp³-hybridized carbons (Fsp3) is 0.346. The van der Waals surface area contributed by atoms with Gasteiger partial charge in [0.25, 0.3) is 11.6 Å². The smallest absolute Gasteiger partial charge is 0.259 e. The van der Waals surface area contributed by atoms with Gasteiger partial charge in [0.1, 0.15) is 5.69 Å². The molecule has 8 nitrogen and oxygen atoms in total. The summed E-state index contributed by atoms with van der Waals surface area (Å²) in [6.45, 7) is 9.02. The third kappa shape index (κ3) is 4.60. The molecule has 0 aliphatic carbocycles. The van der Waals surface area contributed by atoms with Crippen LogP contribution in [0.25, 0.3) is 22.6 Å². The first-order chi connectivity index (χ1) is 16.5. The number of rotatable bonds is 6. The van der Waals surface area contributed by atoms with Crippen LogP contribution in [0.1, 0.15) is 41.0 Å². The van der Waals surface area contributed by atoms with Crippen molar-refractivity contribution in [3.63, 3.8) is 0 Å². The largest absolute Gasteiger partial charge is 0.463 e. The summed E-state index contributed by atoms with van der Waals surface area (Å²) >= 11 is 0. The third-order valence-corrected chi connectivity index (χ3v) is 6.08. The average molecular weight is 461 g/mol. The summed E-state index contributed by atoms with van der Waals surface area (Å²) in [4.78, 5) is 20.2. The van der Waals surface area contributed by atoms with Gasteiger partial charge in [0.05, 0.1) is 35.1 Å². The minimum atomic E-state index is -0.213. The summed E-state index contributed by atoms with van der Waals surface area (Å²) in [6, 6.07) is 13.5. The Hall–Kier alpha value is -3.49. The number of furan rings is 1. The number of aromatic nitrogens is 2. The Morgan fingerprint density at radius 2 is 1.88 bits per heavy atom. The molecule has 5 rings (SSSR count). The second-order valence-electron chi connectivity index (χ2n) is 8.88.